The van der Waals surface area contributed by atoms with E-state index in [0.717, 1.165) is 11.1 Å². The van der Waals surface area contributed by atoms with Crippen LogP contribution in [0, 0.1) is 0 Å². The maximum atomic E-state index is 6.89. The molecule has 0 aromatic heterocycles. The van der Waals surface area contributed by atoms with E-state index in [2.05, 4.69) is 65.8 Å². The van der Waals surface area contributed by atoms with Gasteiger partial charge in [-0.1, -0.05) is 102 Å². The van der Waals surface area contributed by atoms with Crippen LogP contribution in [0.2, 0.25) is 16.6 Å². The molecule has 0 saturated carbocycles. The zero-order valence-corrected chi connectivity index (χ0v) is 22.6. The molecule has 0 N–H and O–H groups in total. The predicted octanol–water partition coefficient (Wildman–Crippen LogP) is 7.26. The van der Waals surface area contributed by atoms with Crippen molar-refractivity contribution in [3.05, 3.63) is 84.1 Å². The Bertz CT molecular complexity index is 844. The van der Waals surface area contributed by atoms with Crippen LogP contribution >= 0.6 is 0 Å². The second kappa shape index (κ2) is 12.7. The van der Waals surface area contributed by atoms with E-state index in [1.165, 1.54) is 0 Å². The van der Waals surface area contributed by atoms with Crippen LogP contribution in [-0.2, 0) is 31.9 Å². The van der Waals surface area contributed by atoms with Crippen molar-refractivity contribution in [3.63, 3.8) is 0 Å². The highest BCUT2D eigenvalue weighted by Crippen LogP contribution is 2.42. The van der Waals surface area contributed by atoms with Crippen molar-refractivity contribution in [1.29, 1.82) is 0 Å². The lowest BCUT2D eigenvalue weighted by Crippen LogP contribution is -2.52. The molecule has 0 fully saturated rings. The SMILES string of the molecule is CC(C)[Si](OCC1OC=C[C@@H](OCc2ccccc2)[C@H]1OCc1ccccc1)(C(C)C)C(C)C. The fraction of sp³-hybridized carbons (Fsp3) is 0.517. The molecule has 0 spiro atoms. The summed E-state index contributed by atoms with van der Waals surface area (Å²) in [7, 11) is -2.02. The number of hydrogen-bond acceptors (Lipinski definition) is 4. The van der Waals surface area contributed by atoms with Crippen LogP contribution in [0.3, 0.4) is 0 Å². The zero-order valence-electron chi connectivity index (χ0n) is 21.6. The highest BCUT2D eigenvalue weighted by Gasteiger charge is 2.46. The molecule has 2 aromatic rings. The lowest BCUT2D eigenvalue weighted by Gasteiger charge is -2.44. The quantitative estimate of drug-likeness (QED) is 0.298. The van der Waals surface area contributed by atoms with Crippen molar-refractivity contribution in [1.82, 2.24) is 0 Å². The highest BCUT2D eigenvalue weighted by atomic mass is 28.4. The van der Waals surface area contributed by atoms with Gasteiger partial charge in [-0.2, -0.15) is 0 Å². The Morgan fingerprint density at radius 3 is 1.74 bits per heavy atom. The molecule has 3 rings (SSSR count). The Hall–Kier alpha value is -1.92. The van der Waals surface area contributed by atoms with E-state index in [1.807, 2.05) is 42.5 Å². The summed E-state index contributed by atoms with van der Waals surface area (Å²) in [5, 5.41) is 0. The van der Waals surface area contributed by atoms with E-state index in [4.69, 9.17) is 18.6 Å². The molecule has 1 heterocycles. The molecule has 0 saturated heterocycles. The molecule has 1 unspecified atom stereocenters. The van der Waals surface area contributed by atoms with Crippen LogP contribution in [-0.4, -0.2) is 33.2 Å². The lowest BCUT2D eigenvalue weighted by molar-refractivity contribution is -0.139. The minimum absolute atomic E-state index is 0.209. The van der Waals surface area contributed by atoms with Crippen LogP contribution in [0.1, 0.15) is 52.7 Å². The fourth-order valence-corrected chi connectivity index (χ4v) is 10.8. The van der Waals surface area contributed by atoms with Crippen molar-refractivity contribution in [2.24, 2.45) is 0 Å². The molecular formula is C29H42O4Si. The summed E-state index contributed by atoms with van der Waals surface area (Å²) in [6.07, 6.45) is 3.03. The van der Waals surface area contributed by atoms with Crippen LogP contribution in [0.25, 0.3) is 0 Å². The van der Waals surface area contributed by atoms with Crippen LogP contribution in [0.15, 0.2) is 73.0 Å². The largest absolute Gasteiger partial charge is 0.493 e. The van der Waals surface area contributed by atoms with Crippen molar-refractivity contribution in [2.45, 2.75) is 89.7 Å². The first-order chi connectivity index (χ1) is 16.3. The Morgan fingerprint density at radius 2 is 1.24 bits per heavy atom. The van der Waals surface area contributed by atoms with Crippen LogP contribution in [0.5, 0.6) is 0 Å². The van der Waals surface area contributed by atoms with Gasteiger partial charge in [0, 0.05) is 0 Å². The topological polar surface area (TPSA) is 36.9 Å². The number of benzene rings is 2. The predicted molar refractivity (Wildman–Crippen MR) is 141 cm³/mol. The highest BCUT2D eigenvalue weighted by molar-refractivity contribution is 6.77. The molecule has 2 aromatic carbocycles. The molecule has 0 radical (unpaired) electrons. The van der Waals surface area contributed by atoms with Gasteiger partial charge in [0.25, 0.3) is 0 Å². The van der Waals surface area contributed by atoms with Gasteiger partial charge in [-0.05, 0) is 33.8 Å². The van der Waals surface area contributed by atoms with Gasteiger partial charge in [-0.15, -0.1) is 0 Å². The second-order valence-corrected chi connectivity index (χ2v) is 15.6. The van der Waals surface area contributed by atoms with Gasteiger partial charge in [0.1, 0.15) is 18.3 Å². The van der Waals surface area contributed by atoms with Gasteiger partial charge in [-0.3, -0.25) is 0 Å². The smallest absolute Gasteiger partial charge is 0.200 e. The molecule has 1 aliphatic heterocycles. The maximum Gasteiger partial charge on any atom is 0.200 e. The van der Waals surface area contributed by atoms with Gasteiger partial charge in [0.15, 0.2) is 0 Å². The molecule has 5 heteroatoms. The molecule has 3 atom stereocenters. The summed E-state index contributed by atoms with van der Waals surface area (Å²) < 4.78 is 25.8. The third-order valence-corrected chi connectivity index (χ3v) is 13.1. The second-order valence-electron chi connectivity index (χ2n) is 10.2. The Morgan fingerprint density at radius 1 is 0.735 bits per heavy atom. The molecular weight excluding hydrogens is 440 g/mol. The molecule has 34 heavy (non-hydrogen) atoms. The Labute approximate surface area is 207 Å². The fourth-order valence-electron chi connectivity index (χ4n) is 5.37. The Kier molecular flexibility index (Phi) is 9.95. The zero-order chi connectivity index (χ0) is 24.6. The molecule has 1 aliphatic rings. The first-order valence-corrected chi connectivity index (χ1v) is 14.8. The first-order valence-electron chi connectivity index (χ1n) is 12.6. The third kappa shape index (κ3) is 6.60. The summed E-state index contributed by atoms with van der Waals surface area (Å²) in [4.78, 5) is 0. The van der Waals surface area contributed by atoms with Crippen molar-refractivity contribution in [3.8, 4) is 0 Å². The first kappa shape index (κ1) is 26.7. The van der Waals surface area contributed by atoms with E-state index >= 15 is 0 Å². The van der Waals surface area contributed by atoms with Gasteiger partial charge in [0.05, 0.1) is 26.1 Å². The summed E-state index contributed by atoms with van der Waals surface area (Å²) in [5.74, 6) is 0. The number of rotatable bonds is 12. The summed E-state index contributed by atoms with van der Waals surface area (Å²) >= 11 is 0. The number of hydrogen-bond donors (Lipinski definition) is 0. The van der Waals surface area contributed by atoms with Crippen molar-refractivity contribution >= 4 is 8.32 Å². The lowest BCUT2D eigenvalue weighted by atomic mass is 10.1. The molecule has 0 aliphatic carbocycles. The molecule has 4 nitrogen and oxygen atoms in total. The van der Waals surface area contributed by atoms with Gasteiger partial charge < -0.3 is 18.6 Å². The summed E-state index contributed by atoms with van der Waals surface area (Å²) in [6, 6.07) is 20.5. The van der Waals surface area contributed by atoms with Crippen molar-refractivity contribution in [2.75, 3.05) is 6.61 Å². The van der Waals surface area contributed by atoms with Crippen molar-refractivity contribution < 1.29 is 18.6 Å². The molecule has 186 valence electrons. The van der Waals surface area contributed by atoms with Gasteiger partial charge in [-0.25, -0.2) is 0 Å². The summed E-state index contributed by atoms with van der Waals surface area (Å²) in [5.41, 5.74) is 3.82. The summed E-state index contributed by atoms with van der Waals surface area (Å²) in [6.45, 7) is 15.4. The Balaban J connectivity index is 1.76. The van der Waals surface area contributed by atoms with Gasteiger partial charge >= 0.3 is 0 Å². The minimum Gasteiger partial charge on any atom is -0.493 e. The van der Waals surface area contributed by atoms with Gasteiger partial charge in [0.2, 0.25) is 8.32 Å². The van der Waals surface area contributed by atoms with E-state index in [1.54, 1.807) is 6.26 Å². The number of ether oxygens (including phenoxy) is 3. The van der Waals surface area contributed by atoms with E-state index in [9.17, 15) is 0 Å². The van der Waals surface area contributed by atoms with Crippen LogP contribution < -0.4 is 0 Å². The average molecular weight is 483 g/mol. The van der Waals surface area contributed by atoms with E-state index < -0.39 is 8.32 Å². The standard InChI is InChI=1S/C29H42O4Si/c1-22(2)34(23(3)4,24(5)6)33-21-28-29(32-20-26-15-11-8-12-16-26)27(17-18-30-28)31-19-25-13-9-7-10-14-25/h7-18,22-24,27-29H,19-21H2,1-6H3/t27-,28?,29-/m1/s1. The third-order valence-electron chi connectivity index (χ3n) is 6.99. The van der Waals surface area contributed by atoms with E-state index in [-0.39, 0.29) is 18.3 Å². The van der Waals surface area contributed by atoms with Crippen LogP contribution in [0.4, 0.5) is 0 Å². The average Bonchev–Trinajstić information content (AvgIpc) is 2.83. The molecule has 0 amide bonds. The monoisotopic (exact) mass is 482 g/mol. The minimum atomic E-state index is -2.02. The maximum absolute atomic E-state index is 6.89. The molecule has 0 bridgehead atoms. The van der Waals surface area contributed by atoms with E-state index in [0.29, 0.717) is 36.4 Å². The normalized spacial score (nSPS) is 20.8.